The largest absolute Gasteiger partial charge is 0.439 e. The second kappa shape index (κ2) is 5.97. The first-order valence-electron chi connectivity index (χ1n) is 7.01. The first-order chi connectivity index (χ1) is 10.7. The van der Waals surface area contributed by atoms with Crippen LogP contribution in [0, 0.1) is 0 Å². The fourth-order valence-electron chi connectivity index (χ4n) is 2.48. The van der Waals surface area contributed by atoms with Gasteiger partial charge in [0.05, 0.1) is 12.2 Å². The van der Waals surface area contributed by atoms with Gasteiger partial charge in [-0.15, -0.1) is 0 Å². The number of pyridine rings is 1. The van der Waals surface area contributed by atoms with Crippen molar-refractivity contribution in [3.05, 3.63) is 72.7 Å². The summed E-state index contributed by atoms with van der Waals surface area (Å²) in [5.74, 6) is 0.858. The van der Waals surface area contributed by atoms with Crippen molar-refractivity contribution in [2.24, 2.45) is 0 Å². The quantitative estimate of drug-likeness (QED) is 0.808. The Kier molecular flexibility index (Phi) is 3.87. The van der Waals surface area contributed by atoms with E-state index < -0.39 is 5.83 Å². The average molecular weight is 297 g/mol. The Labute approximate surface area is 128 Å². The first kappa shape index (κ1) is 14.3. The third-order valence-corrected chi connectivity index (χ3v) is 3.51. The van der Waals surface area contributed by atoms with E-state index in [1.807, 2.05) is 23.1 Å². The summed E-state index contributed by atoms with van der Waals surface area (Å²) in [5.41, 5.74) is 1.94. The Balaban J connectivity index is 1.88. The minimum Gasteiger partial charge on any atom is -0.439 e. The fourth-order valence-corrected chi connectivity index (χ4v) is 2.48. The van der Waals surface area contributed by atoms with Gasteiger partial charge in [0.15, 0.2) is 0 Å². The number of oxazole rings is 1. The van der Waals surface area contributed by atoms with E-state index in [4.69, 9.17) is 4.42 Å². The SMILES string of the molecule is C=C/C=C(\C(=C)F)N1CCc2oc(-c3ccccn3)nc2C1. The van der Waals surface area contributed by atoms with E-state index in [0.717, 1.165) is 11.5 Å². The van der Waals surface area contributed by atoms with Crippen molar-refractivity contribution in [1.29, 1.82) is 0 Å². The lowest BCUT2D eigenvalue weighted by atomic mass is 10.1. The van der Waals surface area contributed by atoms with Crippen LogP contribution in [0.25, 0.3) is 11.6 Å². The molecule has 2 aromatic heterocycles. The molecule has 0 radical (unpaired) electrons. The van der Waals surface area contributed by atoms with E-state index in [1.165, 1.54) is 0 Å². The van der Waals surface area contributed by atoms with Crippen LogP contribution in [0.3, 0.4) is 0 Å². The molecule has 0 saturated heterocycles. The summed E-state index contributed by atoms with van der Waals surface area (Å²) in [4.78, 5) is 10.6. The highest BCUT2D eigenvalue weighted by molar-refractivity contribution is 5.47. The molecule has 0 bridgehead atoms. The van der Waals surface area contributed by atoms with Crippen LogP contribution in [0.5, 0.6) is 0 Å². The second-order valence-corrected chi connectivity index (χ2v) is 4.97. The van der Waals surface area contributed by atoms with Crippen LogP contribution in [0.15, 0.2) is 65.6 Å². The topological polar surface area (TPSA) is 42.2 Å². The predicted molar refractivity (Wildman–Crippen MR) is 82.4 cm³/mol. The molecule has 0 saturated carbocycles. The van der Waals surface area contributed by atoms with Crippen LogP contribution >= 0.6 is 0 Å². The number of allylic oxidation sites excluding steroid dienone is 3. The molecule has 112 valence electrons. The van der Waals surface area contributed by atoms with Gasteiger partial charge in [-0.1, -0.05) is 25.3 Å². The van der Waals surface area contributed by atoms with Crippen molar-refractivity contribution in [3.63, 3.8) is 0 Å². The molecule has 22 heavy (non-hydrogen) atoms. The molecule has 0 spiro atoms. The van der Waals surface area contributed by atoms with Gasteiger partial charge < -0.3 is 9.32 Å². The number of fused-ring (bicyclic) bond motifs is 1. The van der Waals surface area contributed by atoms with E-state index in [1.54, 1.807) is 18.3 Å². The van der Waals surface area contributed by atoms with Crippen molar-refractivity contribution in [1.82, 2.24) is 14.9 Å². The summed E-state index contributed by atoms with van der Waals surface area (Å²) in [7, 11) is 0. The number of aromatic nitrogens is 2. The molecule has 1 aliphatic heterocycles. The van der Waals surface area contributed by atoms with Crippen molar-refractivity contribution in [2.75, 3.05) is 6.54 Å². The third-order valence-electron chi connectivity index (χ3n) is 3.51. The fraction of sp³-hybridized carbons (Fsp3) is 0.176. The van der Waals surface area contributed by atoms with Gasteiger partial charge in [-0.25, -0.2) is 9.37 Å². The highest BCUT2D eigenvalue weighted by atomic mass is 19.1. The summed E-state index contributed by atoms with van der Waals surface area (Å²) in [6.07, 6.45) is 5.53. The molecule has 4 nitrogen and oxygen atoms in total. The molecule has 5 heteroatoms. The number of halogens is 1. The Morgan fingerprint density at radius 3 is 2.95 bits per heavy atom. The van der Waals surface area contributed by atoms with Crippen molar-refractivity contribution in [2.45, 2.75) is 13.0 Å². The molecule has 1 aliphatic rings. The average Bonchev–Trinajstić information content (AvgIpc) is 2.96. The normalized spacial score (nSPS) is 14.6. The van der Waals surface area contributed by atoms with Gasteiger partial charge >= 0.3 is 0 Å². The molecule has 0 fully saturated rings. The molecule has 0 unspecified atom stereocenters. The van der Waals surface area contributed by atoms with Crippen molar-refractivity contribution < 1.29 is 8.81 Å². The number of hydrogen-bond acceptors (Lipinski definition) is 4. The summed E-state index contributed by atoms with van der Waals surface area (Å²) < 4.78 is 19.4. The summed E-state index contributed by atoms with van der Waals surface area (Å²) in [6, 6.07) is 5.57. The van der Waals surface area contributed by atoms with Crippen LogP contribution in [-0.4, -0.2) is 21.4 Å². The third kappa shape index (κ3) is 2.70. The van der Waals surface area contributed by atoms with Crippen LogP contribution < -0.4 is 0 Å². The summed E-state index contributed by atoms with van der Waals surface area (Å²) in [6.45, 7) is 8.12. The van der Waals surface area contributed by atoms with E-state index in [2.05, 4.69) is 23.1 Å². The Morgan fingerprint density at radius 2 is 2.27 bits per heavy atom. The minimum absolute atomic E-state index is 0.433. The van der Waals surface area contributed by atoms with Crippen LogP contribution in [0.2, 0.25) is 0 Å². The van der Waals surface area contributed by atoms with Gasteiger partial charge in [-0.3, -0.25) is 4.98 Å². The second-order valence-electron chi connectivity index (χ2n) is 4.97. The Morgan fingerprint density at radius 1 is 1.41 bits per heavy atom. The van der Waals surface area contributed by atoms with Gasteiger partial charge in [0.1, 0.15) is 23.0 Å². The monoisotopic (exact) mass is 297 g/mol. The van der Waals surface area contributed by atoms with Gasteiger partial charge in [-0.05, 0) is 18.2 Å². The van der Waals surface area contributed by atoms with Crippen LogP contribution in [-0.2, 0) is 13.0 Å². The highest BCUT2D eigenvalue weighted by Gasteiger charge is 2.25. The first-order valence-corrected chi connectivity index (χ1v) is 7.01. The van der Waals surface area contributed by atoms with Gasteiger partial charge in [0.2, 0.25) is 5.89 Å². The van der Waals surface area contributed by atoms with E-state index in [0.29, 0.717) is 36.8 Å². The van der Waals surface area contributed by atoms with Gasteiger partial charge in [-0.2, -0.15) is 0 Å². The van der Waals surface area contributed by atoms with Crippen molar-refractivity contribution in [3.8, 4) is 11.6 Å². The maximum absolute atomic E-state index is 13.6. The summed E-state index contributed by atoms with van der Waals surface area (Å²) >= 11 is 0. The highest BCUT2D eigenvalue weighted by Crippen LogP contribution is 2.28. The molecular weight excluding hydrogens is 281 g/mol. The molecule has 0 N–H and O–H groups in total. The van der Waals surface area contributed by atoms with Crippen molar-refractivity contribution >= 4 is 0 Å². The Hall–Kier alpha value is -2.69. The number of hydrogen-bond donors (Lipinski definition) is 0. The molecule has 3 heterocycles. The predicted octanol–water partition coefficient (Wildman–Crippen LogP) is 3.65. The van der Waals surface area contributed by atoms with E-state index in [-0.39, 0.29) is 0 Å². The molecule has 0 aliphatic carbocycles. The maximum Gasteiger partial charge on any atom is 0.245 e. The van der Waals surface area contributed by atoms with Crippen LogP contribution in [0.1, 0.15) is 11.5 Å². The lowest BCUT2D eigenvalue weighted by molar-refractivity contribution is 0.295. The zero-order valence-corrected chi connectivity index (χ0v) is 12.1. The number of rotatable bonds is 4. The zero-order chi connectivity index (χ0) is 15.5. The molecular formula is C17H16FN3O. The lowest BCUT2D eigenvalue weighted by Crippen LogP contribution is -2.29. The van der Waals surface area contributed by atoms with E-state index in [9.17, 15) is 4.39 Å². The number of nitrogens with zero attached hydrogens (tertiary/aromatic N) is 3. The smallest absolute Gasteiger partial charge is 0.245 e. The minimum atomic E-state index is -0.475. The molecule has 2 aromatic rings. The van der Waals surface area contributed by atoms with E-state index >= 15 is 0 Å². The molecule has 0 atom stereocenters. The summed E-state index contributed by atoms with van der Waals surface area (Å²) in [5, 5.41) is 0. The molecule has 0 aromatic carbocycles. The van der Waals surface area contributed by atoms with Crippen LogP contribution in [0.4, 0.5) is 4.39 Å². The van der Waals surface area contributed by atoms with Gasteiger partial charge in [0.25, 0.3) is 0 Å². The Bertz CT molecular complexity index is 734. The molecule has 3 rings (SSSR count). The lowest BCUT2D eigenvalue weighted by Gasteiger charge is -2.28. The maximum atomic E-state index is 13.6. The zero-order valence-electron chi connectivity index (χ0n) is 12.1. The standard InChI is InChI=1S/C17H16FN3O/c1-3-6-15(12(2)18)21-10-8-16-14(11-21)20-17(22-16)13-7-4-5-9-19-13/h3-7,9H,1-2,8,10-11H2/b15-6+. The molecule has 0 amide bonds. The van der Waals surface area contributed by atoms with Gasteiger partial charge in [0, 0.05) is 19.2 Å².